The van der Waals surface area contributed by atoms with Crippen molar-refractivity contribution in [3.8, 4) is 0 Å². The van der Waals surface area contributed by atoms with Crippen LogP contribution in [0.25, 0.3) is 5.57 Å². The molecule has 1 aliphatic carbocycles. The zero-order chi connectivity index (χ0) is 12.4. The molecule has 0 atom stereocenters. The minimum absolute atomic E-state index is 1.15. The van der Waals surface area contributed by atoms with E-state index >= 15 is 0 Å². The van der Waals surface area contributed by atoms with E-state index in [1.807, 2.05) is 0 Å². The summed E-state index contributed by atoms with van der Waals surface area (Å²) in [7, 11) is 0. The summed E-state index contributed by atoms with van der Waals surface area (Å²) in [6.45, 7) is 11.1. The van der Waals surface area contributed by atoms with Crippen molar-refractivity contribution in [1.29, 1.82) is 0 Å². The van der Waals surface area contributed by atoms with E-state index in [1.165, 1.54) is 30.4 Å². The highest BCUT2D eigenvalue weighted by Gasteiger charge is 2.19. The highest BCUT2D eigenvalue weighted by Crippen LogP contribution is 2.36. The maximum atomic E-state index is 4.30. The van der Waals surface area contributed by atoms with Gasteiger partial charge in [-0.15, -0.1) is 0 Å². The van der Waals surface area contributed by atoms with Gasteiger partial charge in [-0.2, -0.15) is 0 Å². The molecule has 0 saturated carbocycles. The lowest BCUT2D eigenvalue weighted by Gasteiger charge is -2.25. The summed E-state index contributed by atoms with van der Waals surface area (Å²) >= 11 is 0. The Morgan fingerprint density at radius 2 is 1.71 bits per heavy atom. The molecule has 92 valence electrons. The Kier molecular flexibility index (Phi) is 3.71. The van der Waals surface area contributed by atoms with Gasteiger partial charge < -0.3 is 0 Å². The van der Waals surface area contributed by atoms with Crippen LogP contribution in [-0.4, -0.2) is 0 Å². The fourth-order valence-corrected chi connectivity index (χ4v) is 3.31. The summed E-state index contributed by atoms with van der Waals surface area (Å²) in [6.07, 6.45) is 7.19. The van der Waals surface area contributed by atoms with E-state index < -0.39 is 0 Å². The van der Waals surface area contributed by atoms with Gasteiger partial charge in [0.1, 0.15) is 0 Å². The van der Waals surface area contributed by atoms with Crippen molar-refractivity contribution in [3.63, 3.8) is 0 Å². The zero-order valence-electron chi connectivity index (χ0n) is 11.5. The Hall–Kier alpha value is -1.04. The second-order valence-electron chi connectivity index (χ2n) is 5.04. The van der Waals surface area contributed by atoms with Gasteiger partial charge in [-0.05, 0) is 71.9 Å². The number of rotatable bonds is 3. The van der Waals surface area contributed by atoms with Gasteiger partial charge in [0.05, 0.1) is 0 Å². The molecule has 0 amide bonds. The zero-order valence-corrected chi connectivity index (χ0v) is 11.5. The van der Waals surface area contributed by atoms with E-state index in [-0.39, 0.29) is 0 Å². The number of hydrogen-bond donors (Lipinski definition) is 0. The predicted molar refractivity (Wildman–Crippen MR) is 76.5 cm³/mol. The molecule has 0 saturated heterocycles. The van der Waals surface area contributed by atoms with Crippen LogP contribution in [0.4, 0.5) is 0 Å². The summed E-state index contributed by atoms with van der Waals surface area (Å²) in [6, 6.07) is 2.46. The van der Waals surface area contributed by atoms with Crippen LogP contribution in [0, 0.1) is 0 Å². The highest BCUT2D eigenvalue weighted by atomic mass is 14.2. The quantitative estimate of drug-likeness (QED) is 0.702. The molecule has 0 radical (unpaired) electrons. The summed E-state index contributed by atoms with van der Waals surface area (Å²) in [5.41, 5.74) is 9.21. The van der Waals surface area contributed by atoms with Gasteiger partial charge in [0.25, 0.3) is 0 Å². The molecule has 0 heteroatoms. The molecular weight excluding hydrogens is 204 g/mol. The topological polar surface area (TPSA) is 0 Å². The van der Waals surface area contributed by atoms with Crippen LogP contribution in [0.5, 0.6) is 0 Å². The fraction of sp³-hybridized carbons (Fsp3) is 0.529. The Morgan fingerprint density at radius 3 is 2.29 bits per heavy atom. The summed E-state index contributed by atoms with van der Waals surface area (Å²) in [4.78, 5) is 0. The van der Waals surface area contributed by atoms with Crippen molar-refractivity contribution in [2.24, 2.45) is 0 Å². The van der Waals surface area contributed by atoms with E-state index in [9.17, 15) is 0 Å². The SMILES string of the molecule is C=C1CCCc2cc(CC)c(CC)c(CC)c21. The first-order valence-corrected chi connectivity index (χ1v) is 7.07. The molecule has 0 unspecified atom stereocenters. The van der Waals surface area contributed by atoms with Crippen molar-refractivity contribution in [2.45, 2.75) is 59.3 Å². The number of benzene rings is 1. The van der Waals surface area contributed by atoms with Crippen LogP contribution < -0.4 is 0 Å². The van der Waals surface area contributed by atoms with Gasteiger partial charge in [-0.25, -0.2) is 0 Å². The second-order valence-corrected chi connectivity index (χ2v) is 5.04. The minimum atomic E-state index is 1.15. The molecule has 1 aromatic rings. The third-order valence-electron chi connectivity index (χ3n) is 4.09. The number of aryl methyl sites for hydroxylation is 2. The standard InChI is InChI=1S/C17H24/c1-5-13-11-14-10-8-9-12(4)17(14)16(7-3)15(13)6-2/h11H,4-10H2,1-3H3. The average molecular weight is 228 g/mol. The molecule has 0 fully saturated rings. The highest BCUT2D eigenvalue weighted by molar-refractivity contribution is 5.73. The van der Waals surface area contributed by atoms with Crippen LogP contribution in [0.1, 0.15) is 61.4 Å². The number of allylic oxidation sites excluding steroid dienone is 1. The predicted octanol–water partition coefficient (Wildman–Crippen LogP) is 4.72. The Labute approximate surface area is 106 Å². The van der Waals surface area contributed by atoms with Gasteiger partial charge in [0.15, 0.2) is 0 Å². The third-order valence-corrected chi connectivity index (χ3v) is 4.09. The van der Waals surface area contributed by atoms with E-state index in [1.54, 1.807) is 22.3 Å². The van der Waals surface area contributed by atoms with Gasteiger partial charge in [0.2, 0.25) is 0 Å². The van der Waals surface area contributed by atoms with Crippen molar-refractivity contribution in [2.75, 3.05) is 0 Å². The largest absolute Gasteiger partial charge is 0.0952 e. The van der Waals surface area contributed by atoms with E-state index in [0.717, 1.165) is 19.3 Å². The second kappa shape index (κ2) is 5.08. The van der Waals surface area contributed by atoms with Crippen molar-refractivity contribution < 1.29 is 0 Å². The van der Waals surface area contributed by atoms with Crippen molar-refractivity contribution >= 4 is 5.57 Å². The molecule has 1 aliphatic rings. The van der Waals surface area contributed by atoms with Crippen LogP contribution in [0.15, 0.2) is 12.6 Å². The molecule has 1 aromatic carbocycles. The van der Waals surface area contributed by atoms with E-state index in [2.05, 4.69) is 33.4 Å². The molecule has 0 spiro atoms. The lowest BCUT2D eigenvalue weighted by molar-refractivity contribution is 0.808. The Morgan fingerprint density at radius 1 is 1.00 bits per heavy atom. The number of fused-ring (bicyclic) bond motifs is 1. The average Bonchev–Trinajstić information content (AvgIpc) is 2.36. The summed E-state index contributed by atoms with van der Waals surface area (Å²) < 4.78 is 0. The van der Waals surface area contributed by atoms with Gasteiger partial charge in [-0.1, -0.05) is 33.4 Å². The monoisotopic (exact) mass is 228 g/mol. The first-order valence-electron chi connectivity index (χ1n) is 7.07. The maximum Gasteiger partial charge on any atom is -0.0163 e. The maximum absolute atomic E-state index is 4.30. The summed E-state index contributed by atoms with van der Waals surface area (Å²) in [5.74, 6) is 0. The first-order chi connectivity index (χ1) is 8.22. The smallest absolute Gasteiger partial charge is 0.0163 e. The van der Waals surface area contributed by atoms with E-state index in [4.69, 9.17) is 0 Å². The van der Waals surface area contributed by atoms with Crippen molar-refractivity contribution in [3.05, 3.63) is 40.5 Å². The normalized spacial score (nSPS) is 14.9. The molecule has 0 bridgehead atoms. The van der Waals surface area contributed by atoms with E-state index in [0.29, 0.717) is 0 Å². The Bertz CT molecular complexity index is 438. The lowest BCUT2D eigenvalue weighted by atomic mass is 9.79. The molecule has 0 N–H and O–H groups in total. The molecule has 0 heterocycles. The number of hydrogen-bond acceptors (Lipinski definition) is 0. The summed E-state index contributed by atoms with van der Waals surface area (Å²) in [5, 5.41) is 0. The fourth-order valence-electron chi connectivity index (χ4n) is 3.31. The lowest BCUT2D eigenvalue weighted by Crippen LogP contribution is -2.10. The molecule has 2 rings (SSSR count). The van der Waals surface area contributed by atoms with Gasteiger partial charge >= 0.3 is 0 Å². The van der Waals surface area contributed by atoms with Gasteiger partial charge in [-0.3, -0.25) is 0 Å². The van der Waals surface area contributed by atoms with Crippen LogP contribution in [0.2, 0.25) is 0 Å². The molecule has 0 aromatic heterocycles. The molecular formula is C17H24. The minimum Gasteiger partial charge on any atom is -0.0952 e. The van der Waals surface area contributed by atoms with Crippen LogP contribution in [0.3, 0.4) is 0 Å². The van der Waals surface area contributed by atoms with Gasteiger partial charge in [0, 0.05) is 0 Å². The molecule has 0 aliphatic heterocycles. The third kappa shape index (κ3) is 2.06. The van der Waals surface area contributed by atoms with Crippen molar-refractivity contribution in [1.82, 2.24) is 0 Å². The first kappa shape index (κ1) is 12.4. The molecule has 17 heavy (non-hydrogen) atoms. The van der Waals surface area contributed by atoms with Crippen LogP contribution in [-0.2, 0) is 25.7 Å². The Balaban J connectivity index is 2.69. The van der Waals surface area contributed by atoms with Crippen LogP contribution >= 0.6 is 0 Å². The molecule has 0 nitrogen and oxygen atoms in total.